The van der Waals surface area contributed by atoms with Crippen LogP contribution in [0.4, 0.5) is 23.7 Å². The molecule has 4 nitrogen and oxygen atoms in total. The lowest BCUT2D eigenvalue weighted by molar-refractivity contribution is -0.147. The predicted molar refractivity (Wildman–Crippen MR) is 79.0 cm³/mol. The second-order valence-electron chi connectivity index (χ2n) is 5.79. The van der Waals surface area contributed by atoms with Gasteiger partial charge in [-0.15, -0.1) is 0 Å². The first kappa shape index (κ1) is 18.6. The molecule has 0 spiro atoms. The lowest BCUT2D eigenvalue weighted by Crippen LogP contribution is -2.39. The molecule has 0 saturated heterocycles. The normalized spacial score (nSPS) is 13.6. The van der Waals surface area contributed by atoms with Crippen LogP contribution < -0.4 is 11.1 Å². The molecule has 0 bridgehead atoms. The van der Waals surface area contributed by atoms with Crippen LogP contribution in [0.25, 0.3) is 0 Å². The number of carbonyl (C=O) groups is 1. The third kappa shape index (κ3) is 6.11. The average molecular weight is 339 g/mol. The second kappa shape index (κ2) is 6.75. The van der Waals surface area contributed by atoms with Gasteiger partial charge in [0.15, 0.2) is 0 Å². The van der Waals surface area contributed by atoms with E-state index < -0.39 is 30.3 Å². The van der Waals surface area contributed by atoms with Gasteiger partial charge in [-0.1, -0.05) is 17.7 Å². The van der Waals surface area contributed by atoms with E-state index in [2.05, 4.69) is 5.32 Å². The molecule has 1 amide bonds. The number of benzene rings is 1. The topological polar surface area (TPSA) is 64.3 Å². The number of rotatable bonds is 3. The number of nitrogens with one attached hydrogen (secondary N) is 1. The maximum Gasteiger partial charge on any atom is 0.412 e. The largest absolute Gasteiger partial charge is 0.444 e. The maximum absolute atomic E-state index is 12.4. The minimum Gasteiger partial charge on any atom is -0.444 e. The van der Waals surface area contributed by atoms with Crippen molar-refractivity contribution in [3.8, 4) is 0 Å². The summed E-state index contributed by atoms with van der Waals surface area (Å²) < 4.78 is 42.3. The Labute approximate surface area is 131 Å². The molecule has 0 aromatic heterocycles. The third-order valence-corrected chi connectivity index (χ3v) is 2.86. The smallest absolute Gasteiger partial charge is 0.412 e. The third-order valence-electron chi connectivity index (χ3n) is 2.55. The van der Waals surface area contributed by atoms with Gasteiger partial charge >= 0.3 is 12.3 Å². The van der Waals surface area contributed by atoms with Crippen molar-refractivity contribution in [2.45, 2.75) is 45.0 Å². The Morgan fingerprint density at radius 3 is 2.41 bits per heavy atom. The van der Waals surface area contributed by atoms with Crippen LogP contribution in [0.5, 0.6) is 0 Å². The Balaban J connectivity index is 2.76. The molecule has 1 atom stereocenters. The highest BCUT2D eigenvalue weighted by Crippen LogP contribution is 2.27. The zero-order valence-corrected chi connectivity index (χ0v) is 13.2. The van der Waals surface area contributed by atoms with Crippen molar-refractivity contribution in [1.82, 2.24) is 0 Å². The van der Waals surface area contributed by atoms with E-state index in [0.717, 1.165) is 0 Å². The van der Waals surface area contributed by atoms with Gasteiger partial charge in [0.05, 0.1) is 10.7 Å². The Hall–Kier alpha value is -1.47. The van der Waals surface area contributed by atoms with E-state index >= 15 is 0 Å². The summed E-state index contributed by atoms with van der Waals surface area (Å²) in [7, 11) is 0. The van der Waals surface area contributed by atoms with Crippen molar-refractivity contribution in [3.63, 3.8) is 0 Å². The van der Waals surface area contributed by atoms with E-state index in [1.54, 1.807) is 20.8 Å². The van der Waals surface area contributed by atoms with Crippen molar-refractivity contribution in [3.05, 3.63) is 28.8 Å². The van der Waals surface area contributed by atoms with Crippen LogP contribution in [0, 0.1) is 0 Å². The van der Waals surface area contributed by atoms with Crippen molar-refractivity contribution in [1.29, 1.82) is 0 Å². The van der Waals surface area contributed by atoms with E-state index in [1.807, 2.05) is 0 Å². The number of alkyl halides is 3. The van der Waals surface area contributed by atoms with Crippen LogP contribution in [0.1, 0.15) is 26.3 Å². The van der Waals surface area contributed by atoms with Gasteiger partial charge in [0, 0.05) is 0 Å². The van der Waals surface area contributed by atoms with Crippen LogP contribution in [0.3, 0.4) is 0 Å². The fourth-order valence-electron chi connectivity index (χ4n) is 1.57. The zero-order chi connectivity index (χ0) is 17.1. The molecular weight excluding hydrogens is 321 g/mol. The standard InChI is InChI=1S/C14H18ClF3N2O2/c1-13(2,3)22-12(21)20-10-5-4-8(6-9(10)15)7-11(19)14(16,17)18/h4-6,11H,7,19H2,1-3H3,(H,20,21). The van der Waals surface area contributed by atoms with Gasteiger partial charge in [-0.05, 0) is 44.9 Å². The summed E-state index contributed by atoms with van der Waals surface area (Å²) >= 11 is 5.95. The molecule has 0 fully saturated rings. The zero-order valence-electron chi connectivity index (χ0n) is 12.4. The summed E-state index contributed by atoms with van der Waals surface area (Å²) in [5, 5.41) is 2.54. The van der Waals surface area contributed by atoms with Crippen LogP contribution in [0.2, 0.25) is 5.02 Å². The van der Waals surface area contributed by atoms with Gasteiger partial charge < -0.3 is 10.5 Å². The molecule has 0 aliphatic rings. The highest BCUT2D eigenvalue weighted by atomic mass is 35.5. The number of nitrogens with two attached hydrogens (primary N) is 1. The molecule has 1 rings (SSSR count). The average Bonchev–Trinajstić information content (AvgIpc) is 2.29. The molecule has 3 N–H and O–H groups in total. The van der Waals surface area contributed by atoms with Crippen LogP contribution in [0.15, 0.2) is 18.2 Å². The number of hydrogen-bond acceptors (Lipinski definition) is 3. The summed E-state index contributed by atoms with van der Waals surface area (Å²) in [6.45, 7) is 5.11. The summed E-state index contributed by atoms with van der Waals surface area (Å²) in [6.07, 6.45) is -5.57. The number of anilines is 1. The number of carbonyl (C=O) groups excluding carboxylic acids is 1. The molecule has 8 heteroatoms. The Morgan fingerprint density at radius 2 is 1.95 bits per heavy atom. The van der Waals surface area contributed by atoms with Gasteiger partial charge in [-0.3, -0.25) is 5.32 Å². The minimum atomic E-state index is -4.47. The van der Waals surface area contributed by atoms with Crippen molar-refractivity contribution in [2.75, 3.05) is 5.32 Å². The second-order valence-corrected chi connectivity index (χ2v) is 6.20. The van der Waals surface area contributed by atoms with Gasteiger partial charge in [-0.2, -0.15) is 13.2 Å². The van der Waals surface area contributed by atoms with Crippen LogP contribution in [-0.2, 0) is 11.2 Å². The summed E-state index contributed by atoms with van der Waals surface area (Å²) in [5.74, 6) is 0. The van der Waals surface area contributed by atoms with E-state index in [0.29, 0.717) is 5.56 Å². The molecule has 0 heterocycles. The molecule has 0 aliphatic carbocycles. The van der Waals surface area contributed by atoms with E-state index in [9.17, 15) is 18.0 Å². The molecule has 1 aromatic rings. The van der Waals surface area contributed by atoms with E-state index in [4.69, 9.17) is 22.1 Å². The predicted octanol–water partition coefficient (Wildman–Crippen LogP) is 4.12. The molecule has 1 unspecified atom stereocenters. The number of halogens is 4. The minimum absolute atomic E-state index is 0.109. The van der Waals surface area contributed by atoms with E-state index in [1.165, 1.54) is 18.2 Å². The van der Waals surface area contributed by atoms with Crippen molar-refractivity contribution < 1.29 is 22.7 Å². The number of hydrogen-bond donors (Lipinski definition) is 2. The lowest BCUT2D eigenvalue weighted by Gasteiger charge is -2.20. The quantitative estimate of drug-likeness (QED) is 0.871. The summed E-state index contributed by atoms with van der Waals surface area (Å²) in [5.41, 5.74) is 4.97. The molecule has 0 aliphatic heterocycles. The maximum atomic E-state index is 12.4. The highest BCUT2D eigenvalue weighted by Gasteiger charge is 2.36. The first-order valence-corrected chi connectivity index (χ1v) is 6.87. The van der Waals surface area contributed by atoms with Crippen LogP contribution >= 0.6 is 11.6 Å². The molecule has 22 heavy (non-hydrogen) atoms. The first-order valence-electron chi connectivity index (χ1n) is 6.49. The number of ether oxygens (including phenoxy) is 1. The Kier molecular flexibility index (Phi) is 5.70. The monoisotopic (exact) mass is 338 g/mol. The van der Waals surface area contributed by atoms with E-state index in [-0.39, 0.29) is 10.7 Å². The molecule has 0 saturated carbocycles. The first-order chi connectivity index (χ1) is 9.88. The Bertz CT molecular complexity index is 542. The molecule has 0 radical (unpaired) electrons. The molecule has 1 aromatic carbocycles. The fraction of sp³-hybridized carbons (Fsp3) is 0.500. The van der Waals surface area contributed by atoms with Gasteiger partial charge in [0.25, 0.3) is 0 Å². The summed E-state index contributed by atoms with van der Waals surface area (Å²) in [4.78, 5) is 11.6. The Morgan fingerprint density at radius 1 is 1.36 bits per heavy atom. The molecular formula is C14H18ClF3N2O2. The lowest BCUT2D eigenvalue weighted by atomic mass is 10.1. The van der Waals surface area contributed by atoms with Gasteiger partial charge in [-0.25, -0.2) is 4.79 Å². The highest BCUT2D eigenvalue weighted by molar-refractivity contribution is 6.33. The molecule has 124 valence electrons. The van der Waals surface area contributed by atoms with Crippen molar-refractivity contribution in [2.24, 2.45) is 5.73 Å². The van der Waals surface area contributed by atoms with Gasteiger partial charge in [0.1, 0.15) is 11.6 Å². The number of amides is 1. The fourth-order valence-corrected chi connectivity index (χ4v) is 1.82. The van der Waals surface area contributed by atoms with Crippen LogP contribution in [-0.4, -0.2) is 23.9 Å². The summed E-state index contributed by atoms with van der Waals surface area (Å²) in [6, 6.07) is 2.20. The SMILES string of the molecule is CC(C)(C)OC(=O)Nc1ccc(CC(N)C(F)(F)F)cc1Cl. The van der Waals surface area contributed by atoms with Gasteiger partial charge in [0.2, 0.25) is 0 Å². The van der Waals surface area contributed by atoms with Crippen molar-refractivity contribution >= 4 is 23.4 Å².